The van der Waals surface area contributed by atoms with E-state index in [1.807, 2.05) is 17.0 Å². The first-order valence-electron chi connectivity index (χ1n) is 6.21. The van der Waals surface area contributed by atoms with Crippen LogP contribution in [0.15, 0.2) is 22.0 Å². The molecule has 0 atom stereocenters. The molecule has 1 N–H and O–H groups in total. The molecule has 2 rings (SSSR count). The maximum absolute atomic E-state index is 12.0. The van der Waals surface area contributed by atoms with Crippen LogP contribution < -0.4 is 0 Å². The van der Waals surface area contributed by atoms with E-state index < -0.39 is 5.97 Å². The zero-order valence-electron chi connectivity index (χ0n) is 10.8. The van der Waals surface area contributed by atoms with E-state index in [2.05, 4.69) is 15.9 Å². The number of hydrogen-bond acceptors (Lipinski definition) is 4. The zero-order valence-corrected chi connectivity index (χ0v) is 13.2. The normalized spacial score (nSPS) is 16.8. The quantitative estimate of drug-likeness (QED) is 0.833. The first-order chi connectivity index (χ1) is 9.54. The Balaban J connectivity index is 1.82. The average Bonchev–Trinajstić information content (AvgIpc) is 2.82. The van der Waals surface area contributed by atoms with Crippen LogP contribution in [0.1, 0.15) is 4.88 Å². The second-order valence-electron chi connectivity index (χ2n) is 4.47. The molecule has 2 heterocycles. The van der Waals surface area contributed by atoms with Gasteiger partial charge in [-0.2, -0.15) is 0 Å². The minimum absolute atomic E-state index is 0.0236. The van der Waals surface area contributed by atoms with Crippen molar-refractivity contribution in [2.24, 2.45) is 0 Å². The largest absolute Gasteiger partial charge is 0.480 e. The van der Waals surface area contributed by atoms with Gasteiger partial charge in [0.15, 0.2) is 0 Å². The zero-order chi connectivity index (χ0) is 14.5. The van der Waals surface area contributed by atoms with Gasteiger partial charge in [0, 0.05) is 37.1 Å². The molecule has 7 heteroatoms. The van der Waals surface area contributed by atoms with Crippen molar-refractivity contribution in [2.45, 2.75) is 0 Å². The number of aliphatic carboxylic acids is 1. The molecule has 0 radical (unpaired) electrons. The summed E-state index contributed by atoms with van der Waals surface area (Å²) in [7, 11) is 0. The van der Waals surface area contributed by atoms with Gasteiger partial charge in [-0.25, -0.2) is 0 Å². The Hall–Kier alpha value is -1.18. The van der Waals surface area contributed by atoms with Gasteiger partial charge in [-0.15, -0.1) is 11.3 Å². The van der Waals surface area contributed by atoms with Crippen LogP contribution in [0, 0.1) is 0 Å². The Morgan fingerprint density at radius 2 is 2.00 bits per heavy atom. The third-order valence-corrected chi connectivity index (χ3v) is 4.62. The van der Waals surface area contributed by atoms with E-state index in [1.54, 1.807) is 28.4 Å². The number of hydrogen-bond donors (Lipinski definition) is 1. The van der Waals surface area contributed by atoms with E-state index in [1.165, 1.54) is 0 Å². The van der Waals surface area contributed by atoms with Gasteiger partial charge < -0.3 is 10.0 Å². The molecule has 0 unspecified atom stereocenters. The topological polar surface area (TPSA) is 60.9 Å². The van der Waals surface area contributed by atoms with Crippen molar-refractivity contribution >= 4 is 45.2 Å². The fraction of sp³-hybridized carbons (Fsp3) is 0.385. The van der Waals surface area contributed by atoms with Crippen LogP contribution in [0.4, 0.5) is 0 Å². The van der Waals surface area contributed by atoms with Crippen LogP contribution in [-0.4, -0.2) is 59.5 Å². The number of piperazine rings is 1. The number of halogens is 1. The number of nitrogens with zero attached hydrogens (tertiary/aromatic N) is 2. The Morgan fingerprint density at radius 1 is 1.30 bits per heavy atom. The van der Waals surface area contributed by atoms with Crippen molar-refractivity contribution < 1.29 is 14.7 Å². The smallest absolute Gasteiger partial charge is 0.317 e. The summed E-state index contributed by atoms with van der Waals surface area (Å²) in [5.41, 5.74) is 0. The second-order valence-corrected chi connectivity index (χ2v) is 6.96. The highest BCUT2D eigenvalue weighted by molar-refractivity contribution is 9.11. The molecule has 1 fully saturated rings. The molecule has 108 valence electrons. The molecule has 1 aromatic rings. The van der Waals surface area contributed by atoms with Crippen LogP contribution >= 0.6 is 27.3 Å². The van der Waals surface area contributed by atoms with Crippen LogP contribution in [-0.2, 0) is 9.59 Å². The number of carboxylic acids is 1. The molecule has 0 bridgehead atoms. The Labute approximate surface area is 129 Å². The minimum atomic E-state index is -0.826. The highest BCUT2D eigenvalue weighted by Gasteiger charge is 2.20. The van der Waals surface area contributed by atoms with Crippen molar-refractivity contribution in [2.75, 3.05) is 32.7 Å². The third-order valence-electron chi connectivity index (χ3n) is 3.03. The molecular formula is C13H15BrN2O3S. The molecule has 1 aliphatic heterocycles. The van der Waals surface area contributed by atoms with Gasteiger partial charge >= 0.3 is 5.97 Å². The van der Waals surface area contributed by atoms with Crippen LogP contribution in [0.5, 0.6) is 0 Å². The molecule has 0 aromatic carbocycles. The monoisotopic (exact) mass is 358 g/mol. The predicted octanol–water partition coefficient (Wildman–Crippen LogP) is 1.75. The van der Waals surface area contributed by atoms with Gasteiger partial charge in [0.25, 0.3) is 0 Å². The fourth-order valence-corrected chi connectivity index (χ4v) is 3.32. The van der Waals surface area contributed by atoms with Crippen LogP contribution in [0.2, 0.25) is 0 Å². The van der Waals surface area contributed by atoms with E-state index in [-0.39, 0.29) is 12.5 Å². The SMILES string of the molecule is O=C(O)CN1CCN(C(=O)/C=C/c2ccc(Br)s2)CC1. The van der Waals surface area contributed by atoms with Crippen molar-refractivity contribution in [3.8, 4) is 0 Å². The Morgan fingerprint density at radius 3 is 2.55 bits per heavy atom. The number of carboxylic acid groups (broad SMARTS) is 1. The van der Waals surface area contributed by atoms with E-state index in [0.29, 0.717) is 26.2 Å². The summed E-state index contributed by atoms with van der Waals surface area (Å²) < 4.78 is 1.03. The summed E-state index contributed by atoms with van der Waals surface area (Å²) in [6, 6.07) is 3.89. The maximum Gasteiger partial charge on any atom is 0.317 e. The van der Waals surface area contributed by atoms with E-state index >= 15 is 0 Å². The lowest BCUT2D eigenvalue weighted by molar-refractivity contribution is -0.139. The summed E-state index contributed by atoms with van der Waals surface area (Å²) >= 11 is 4.95. The lowest BCUT2D eigenvalue weighted by Crippen LogP contribution is -2.49. The van der Waals surface area contributed by atoms with Crippen LogP contribution in [0.3, 0.4) is 0 Å². The molecule has 0 saturated carbocycles. The average molecular weight is 359 g/mol. The summed E-state index contributed by atoms with van der Waals surface area (Å²) in [5.74, 6) is -0.850. The van der Waals surface area contributed by atoms with E-state index in [0.717, 1.165) is 8.66 Å². The lowest BCUT2D eigenvalue weighted by atomic mass is 10.3. The Bertz CT molecular complexity index is 521. The highest BCUT2D eigenvalue weighted by Crippen LogP contribution is 2.23. The van der Waals surface area contributed by atoms with E-state index in [4.69, 9.17) is 5.11 Å². The number of thiophene rings is 1. The van der Waals surface area contributed by atoms with Gasteiger partial charge in [-0.3, -0.25) is 14.5 Å². The summed E-state index contributed by atoms with van der Waals surface area (Å²) in [4.78, 5) is 27.2. The van der Waals surface area contributed by atoms with E-state index in [9.17, 15) is 9.59 Å². The molecular weight excluding hydrogens is 344 g/mol. The number of carbonyl (C=O) groups is 2. The fourth-order valence-electron chi connectivity index (χ4n) is 1.99. The molecule has 1 saturated heterocycles. The molecule has 0 aliphatic carbocycles. The molecule has 1 aliphatic rings. The van der Waals surface area contributed by atoms with Crippen molar-refractivity contribution in [3.05, 3.63) is 26.9 Å². The molecule has 0 spiro atoms. The first-order valence-corrected chi connectivity index (χ1v) is 7.82. The van der Waals surface area contributed by atoms with Gasteiger partial charge in [0.2, 0.25) is 5.91 Å². The minimum Gasteiger partial charge on any atom is -0.480 e. The van der Waals surface area contributed by atoms with Crippen molar-refractivity contribution in [3.63, 3.8) is 0 Å². The van der Waals surface area contributed by atoms with Crippen LogP contribution in [0.25, 0.3) is 6.08 Å². The predicted molar refractivity (Wildman–Crippen MR) is 81.7 cm³/mol. The highest BCUT2D eigenvalue weighted by atomic mass is 79.9. The second kappa shape index (κ2) is 7.01. The first kappa shape index (κ1) is 15.2. The lowest BCUT2D eigenvalue weighted by Gasteiger charge is -2.33. The third kappa shape index (κ3) is 4.43. The maximum atomic E-state index is 12.0. The summed E-state index contributed by atoms with van der Waals surface area (Å²) in [5, 5.41) is 8.72. The number of carbonyl (C=O) groups excluding carboxylic acids is 1. The molecule has 20 heavy (non-hydrogen) atoms. The van der Waals surface area contributed by atoms with Crippen molar-refractivity contribution in [1.29, 1.82) is 0 Å². The molecule has 1 amide bonds. The van der Waals surface area contributed by atoms with Gasteiger partial charge in [-0.1, -0.05) is 0 Å². The summed E-state index contributed by atoms with van der Waals surface area (Å²) in [6.07, 6.45) is 3.38. The number of amides is 1. The van der Waals surface area contributed by atoms with Gasteiger partial charge in [0.1, 0.15) is 0 Å². The number of rotatable bonds is 4. The molecule has 1 aromatic heterocycles. The molecule has 5 nitrogen and oxygen atoms in total. The Kier molecular flexibility index (Phi) is 5.33. The standard InChI is InChI=1S/C13H15BrN2O3S/c14-11-3-1-10(20-11)2-4-12(17)16-7-5-15(6-8-16)9-13(18)19/h1-4H,5-9H2,(H,18,19)/b4-2+. The van der Waals surface area contributed by atoms with Crippen molar-refractivity contribution in [1.82, 2.24) is 9.80 Å². The summed E-state index contributed by atoms with van der Waals surface area (Å²) in [6.45, 7) is 2.41. The van der Waals surface area contributed by atoms with Gasteiger partial charge in [-0.05, 0) is 34.1 Å². The van der Waals surface area contributed by atoms with Gasteiger partial charge in [0.05, 0.1) is 10.3 Å².